The lowest BCUT2D eigenvalue weighted by Crippen LogP contribution is -2.15. The number of nitrogens with zero attached hydrogens (tertiary/aromatic N) is 2. The maximum absolute atomic E-state index is 5.79. The maximum Gasteiger partial charge on any atom is 0.119 e. The SMILES string of the molecule is Cc1cnn(CCOc2cccc(CNC3CC3)c2)c1. The van der Waals surface area contributed by atoms with E-state index in [4.69, 9.17) is 4.74 Å². The van der Waals surface area contributed by atoms with Gasteiger partial charge in [0.25, 0.3) is 0 Å². The zero-order valence-electron chi connectivity index (χ0n) is 11.9. The van der Waals surface area contributed by atoms with Crippen molar-refractivity contribution in [2.24, 2.45) is 0 Å². The molecule has 0 bridgehead atoms. The Morgan fingerprint density at radius 1 is 1.40 bits per heavy atom. The maximum atomic E-state index is 5.79. The normalized spacial score (nSPS) is 14.4. The van der Waals surface area contributed by atoms with Crippen molar-refractivity contribution in [3.8, 4) is 5.75 Å². The average molecular weight is 271 g/mol. The predicted octanol–water partition coefficient (Wildman–Crippen LogP) is 2.52. The molecule has 1 N–H and O–H groups in total. The zero-order chi connectivity index (χ0) is 13.8. The molecule has 4 heteroatoms. The molecule has 0 unspecified atom stereocenters. The lowest BCUT2D eigenvalue weighted by molar-refractivity contribution is 0.291. The largest absolute Gasteiger partial charge is 0.492 e. The molecule has 0 atom stereocenters. The van der Waals surface area contributed by atoms with Gasteiger partial charge in [0.2, 0.25) is 0 Å². The second kappa shape index (κ2) is 6.09. The van der Waals surface area contributed by atoms with Crippen LogP contribution in [0.3, 0.4) is 0 Å². The van der Waals surface area contributed by atoms with Crippen molar-refractivity contribution in [3.05, 3.63) is 47.8 Å². The van der Waals surface area contributed by atoms with E-state index in [2.05, 4.69) is 28.6 Å². The third-order valence-electron chi connectivity index (χ3n) is 3.42. The second-order valence-corrected chi connectivity index (χ2v) is 5.43. The van der Waals surface area contributed by atoms with Crippen LogP contribution in [0.5, 0.6) is 5.75 Å². The molecule has 1 saturated carbocycles. The highest BCUT2D eigenvalue weighted by atomic mass is 16.5. The summed E-state index contributed by atoms with van der Waals surface area (Å²) in [6.45, 7) is 4.39. The number of hydrogen-bond donors (Lipinski definition) is 1. The summed E-state index contributed by atoms with van der Waals surface area (Å²) in [7, 11) is 0. The van der Waals surface area contributed by atoms with Gasteiger partial charge in [-0.15, -0.1) is 0 Å². The molecule has 4 nitrogen and oxygen atoms in total. The van der Waals surface area contributed by atoms with Gasteiger partial charge in [0, 0.05) is 18.8 Å². The van der Waals surface area contributed by atoms with Gasteiger partial charge in [0.05, 0.1) is 12.7 Å². The number of aromatic nitrogens is 2. The summed E-state index contributed by atoms with van der Waals surface area (Å²) >= 11 is 0. The van der Waals surface area contributed by atoms with Crippen LogP contribution < -0.4 is 10.1 Å². The van der Waals surface area contributed by atoms with Gasteiger partial charge in [-0.3, -0.25) is 4.68 Å². The van der Waals surface area contributed by atoms with Crippen LogP contribution in [-0.2, 0) is 13.1 Å². The van der Waals surface area contributed by atoms with E-state index in [9.17, 15) is 0 Å². The first-order valence-corrected chi connectivity index (χ1v) is 7.24. The molecule has 0 aliphatic heterocycles. The predicted molar refractivity (Wildman–Crippen MR) is 78.8 cm³/mol. The van der Waals surface area contributed by atoms with Gasteiger partial charge in [-0.2, -0.15) is 5.10 Å². The lowest BCUT2D eigenvalue weighted by Gasteiger charge is -2.09. The van der Waals surface area contributed by atoms with Gasteiger partial charge in [0.1, 0.15) is 12.4 Å². The third kappa shape index (κ3) is 3.84. The summed E-state index contributed by atoms with van der Waals surface area (Å²) in [4.78, 5) is 0. The molecule has 0 spiro atoms. The minimum absolute atomic E-state index is 0.640. The Hall–Kier alpha value is -1.81. The molecule has 1 aromatic carbocycles. The molecule has 0 radical (unpaired) electrons. The molecule has 0 saturated heterocycles. The van der Waals surface area contributed by atoms with Crippen molar-refractivity contribution in [1.82, 2.24) is 15.1 Å². The zero-order valence-corrected chi connectivity index (χ0v) is 11.9. The molecule has 106 valence electrons. The van der Waals surface area contributed by atoms with Crippen molar-refractivity contribution in [2.45, 2.75) is 38.9 Å². The Morgan fingerprint density at radius 3 is 3.05 bits per heavy atom. The number of ether oxygens (including phenoxy) is 1. The molecule has 20 heavy (non-hydrogen) atoms. The smallest absolute Gasteiger partial charge is 0.119 e. The summed E-state index contributed by atoms with van der Waals surface area (Å²) in [5, 5.41) is 7.76. The molecule has 2 aromatic rings. The van der Waals surface area contributed by atoms with E-state index in [1.54, 1.807) is 0 Å². The first-order valence-electron chi connectivity index (χ1n) is 7.24. The Kier molecular flexibility index (Phi) is 4.02. The summed E-state index contributed by atoms with van der Waals surface area (Å²) in [6, 6.07) is 9.05. The highest BCUT2D eigenvalue weighted by Crippen LogP contribution is 2.20. The van der Waals surface area contributed by atoms with E-state index in [0.29, 0.717) is 6.61 Å². The Labute approximate surface area is 119 Å². The molecule has 1 aromatic heterocycles. The summed E-state index contributed by atoms with van der Waals surface area (Å²) in [5.74, 6) is 0.934. The van der Waals surface area contributed by atoms with Gasteiger partial charge < -0.3 is 10.1 Å². The minimum Gasteiger partial charge on any atom is -0.492 e. The fourth-order valence-electron chi connectivity index (χ4n) is 2.14. The Morgan fingerprint density at radius 2 is 2.30 bits per heavy atom. The average Bonchev–Trinajstić information content (AvgIpc) is 3.19. The fourth-order valence-corrected chi connectivity index (χ4v) is 2.14. The minimum atomic E-state index is 0.640. The van der Waals surface area contributed by atoms with Gasteiger partial charge in [0.15, 0.2) is 0 Å². The lowest BCUT2D eigenvalue weighted by atomic mass is 10.2. The summed E-state index contributed by atoms with van der Waals surface area (Å²) in [5.41, 5.74) is 2.46. The van der Waals surface area contributed by atoms with E-state index in [0.717, 1.165) is 24.9 Å². The van der Waals surface area contributed by atoms with Crippen molar-refractivity contribution in [2.75, 3.05) is 6.61 Å². The molecule has 3 rings (SSSR count). The van der Waals surface area contributed by atoms with Crippen molar-refractivity contribution < 1.29 is 4.74 Å². The van der Waals surface area contributed by atoms with Crippen LogP contribution in [0.1, 0.15) is 24.0 Å². The van der Waals surface area contributed by atoms with Crippen LogP contribution in [-0.4, -0.2) is 22.4 Å². The number of benzene rings is 1. The fraction of sp³-hybridized carbons (Fsp3) is 0.438. The molecule has 1 fully saturated rings. The number of rotatable bonds is 7. The van der Waals surface area contributed by atoms with E-state index in [1.165, 1.54) is 24.0 Å². The van der Waals surface area contributed by atoms with Gasteiger partial charge in [-0.25, -0.2) is 0 Å². The number of hydrogen-bond acceptors (Lipinski definition) is 3. The second-order valence-electron chi connectivity index (χ2n) is 5.43. The van der Waals surface area contributed by atoms with E-state index in [1.807, 2.05) is 30.1 Å². The number of aryl methyl sites for hydroxylation is 1. The van der Waals surface area contributed by atoms with E-state index in [-0.39, 0.29) is 0 Å². The van der Waals surface area contributed by atoms with Crippen LogP contribution in [0.25, 0.3) is 0 Å². The topological polar surface area (TPSA) is 39.1 Å². The van der Waals surface area contributed by atoms with Gasteiger partial charge in [-0.05, 0) is 43.0 Å². The summed E-state index contributed by atoms with van der Waals surface area (Å²) < 4.78 is 7.70. The van der Waals surface area contributed by atoms with Crippen molar-refractivity contribution in [3.63, 3.8) is 0 Å². The molecule has 1 heterocycles. The molecule has 1 aliphatic carbocycles. The Balaban J connectivity index is 1.47. The van der Waals surface area contributed by atoms with E-state index < -0.39 is 0 Å². The molecular formula is C16H21N3O. The van der Waals surface area contributed by atoms with Crippen molar-refractivity contribution in [1.29, 1.82) is 0 Å². The molecular weight excluding hydrogens is 250 g/mol. The van der Waals surface area contributed by atoms with Crippen molar-refractivity contribution >= 4 is 0 Å². The highest BCUT2D eigenvalue weighted by Gasteiger charge is 2.19. The third-order valence-corrected chi connectivity index (χ3v) is 3.42. The first-order chi connectivity index (χ1) is 9.79. The van der Waals surface area contributed by atoms with Crippen LogP contribution >= 0.6 is 0 Å². The quantitative estimate of drug-likeness (QED) is 0.841. The van der Waals surface area contributed by atoms with Crippen LogP contribution in [0.4, 0.5) is 0 Å². The van der Waals surface area contributed by atoms with E-state index >= 15 is 0 Å². The highest BCUT2D eigenvalue weighted by molar-refractivity contribution is 5.28. The monoisotopic (exact) mass is 271 g/mol. The molecule has 1 aliphatic rings. The Bertz CT molecular complexity index is 560. The first kappa shape index (κ1) is 13.2. The molecule has 0 amide bonds. The van der Waals surface area contributed by atoms with Gasteiger partial charge in [-0.1, -0.05) is 12.1 Å². The van der Waals surface area contributed by atoms with Crippen LogP contribution in [0.2, 0.25) is 0 Å². The standard InChI is InChI=1S/C16H21N3O/c1-13-10-18-19(12-13)7-8-20-16-4-2-3-14(9-16)11-17-15-5-6-15/h2-4,9-10,12,15,17H,5-8,11H2,1H3. The van der Waals surface area contributed by atoms with Gasteiger partial charge >= 0.3 is 0 Å². The number of nitrogens with one attached hydrogen (secondary N) is 1. The van der Waals surface area contributed by atoms with Crippen LogP contribution in [0, 0.1) is 6.92 Å². The van der Waals surface area contributed by atoms with Crippen LogP contribution in [0.15, 0.2) is 36.7 Å². The summed E-state index contributed by atoms with van der Waals surface area (Å²) in [6.07, 6.45) is 6.53.